The second-order valence-corrected chi connectivity index (χ2v) is 8.28. The molecule has 0 saturated heterocycles. The van der Waals surface area contributed by atoms with Gasteiger partial charge in [-0.1, -0.05) is 44.2 Å². The van der Waals surface area contributed by atoms with E-state index in [1.807, 2.05) is 17.7 Å². The van der Waals surface area contributed by atoms with Crippen molar-refractivity contribution in [3.63, 3.8) is 0 Å². The van der Waals surface area contributed by atoms with Crippen LogP contribution in [0, 0.1) is 12.8 Å². The molecule has 0 unspecified atom stereocenters. The van der Waals surface area contributed by atoms with Crippen LogP contribution in [0.2, 0.25) is 0 Å². The molecule has 0 aliphatic carbocycles. The Kier molecular flexibility index (Phi) is 4.04. The number of nitrogens with zero attached hydrogens (tertiary/aromatic N) is 2. The molecule has 4 rings (SSSR count). The van der Waals surface area contributed by atoms with Gasteiger partial charge in [-0.15, -0.1) is 11.3 Å². The minimum absolute atomic E-state index is 0.672. The van der Waals surface area contributed by atoms with Crippen molar-refractivity contribution in [3.8, 4) is 11.3 Å². The van der Waals surface area contributed by atoms with Crippen molar-refractivity contribution in [2.24, 2.45) is 13.0 Å². The highest BCUT2D eigenvalue weighted by atomic mass is 32.1. The van der Waals surface area contributed by atoms with Gasteiger partial charge in [0.15, 0.2) is 5.69 Å². The van der Waals surface area contributed by atoms with Crippen LogP contribution in [0.15, 0.2) is 48.8 Å². The van der Waals surface area contributed by atoms with Crippen LogP contribution >= 0.6 is 11.3 Å². The second kappa shape index (κ2) is 6.23. The molecule has 0 atom stereocenters. The lowest BCUT2D eigenvalue weighted by Crippen LogP contribution is -2.31. The molecule has 2 nitrogen and oxygen atoms in total. The first-order valence-corrected chi connectivity index (χ1v) is 9.62. The van der Waals surface area contributed by atoms with E-state index in [-0.39, 0.29) is 0 Å². The van der Waals surface area contributed by atoms with Gasteiger partial charge in [-0.25, -0.2) is 4.57 Å². The number of fused-ring (bicyclic) bond motifs is 3. The zero-order valence-electron chi connectivity index (χ0n) is 15.2. The van der Waals surface area contributed by atoms with Crippen molar-refractivity contribution in [2.45, 2.75) is 27.2 Å². The highest BCUT2D eigenvalue weighted by Crippen LogP contribution is 2.38. The lowest BCUT2D eigenvalue weighted by Gasteiger charge is -2.06. The van der Waals surface area contributed by atoms with E-state index in [0.29, 0.717) is 5.92 Å². The number of benzene rings is 2. The van der Waals surface area contributed by atoms with Gasteiger partial charge in [0.25, 0.3) is 6.33 Å². The van der Waals surface area contributed by atoms with E-state index >= 15 is 0 Å². The fourth-order valence-corrected chi connectivity index (χ4v) is 4.84. The molecule has 3 heteroatoms. The molecule has 2 heterocycles. The van der Waals surface area contributed by atoms with Gasteiger partial charge in [-0.3, -0.25) is 0 Å². The largest absolute Gasteiger partial charge is 0.287 e. The molecular weight excluding hydrogens is 324 g/mol. The van der Waals surface area contributed by atoms with E-state index in [0.717, 1.165) is 11.9 Å². The van der Waals surface area contributed by atoms with E-state index in [9.17, 15) is 0 Å². The van der Waals surface area contributed by atoms with Crippen molar-refractivity contribution >= 4 is 31.6 Å². The van der Waals surface area contributed by atoms with Crippen LogP contribution in [-0.4, -0.2) is 4.98 Å². The predicted octanol–water partition coefficient (Wildman–Crippen LogP) is 5.45. The first-order valence-electron chi connectivity index (χ1n) is 8.80. The third kappa shape index (κ3) is 2.83. The highest BCUT2D eigenvalue weighted by Gasteiger charge is 2.21. The van der Waals surface area contributed by atoms with Crippen molar-refractivity contribution < 1.29 is 4.57 Å². The quantitative estimate of drug-likeness (QED) is 0.450. The van der Waals surface area contributed by atoms with Crippen LogP contribution in [0.5, 0.6) is 0 Å². The summed E-state index contributed by atoms with van der Waals surface area (Å²) in [5, 5.41) is 1.27. The molecule has 4 aromatic rings. The lowest BCUT2D eigenvalue weighted by molar-refractivity contribution is -0.662. The molecule has 0 aliphatic rings. The molecule has 2 aromatic carbocycles. The summed E-state index contributed by atoms with van der Waals surface area (Å²) in [6.07, 6.45) is 3.06. The van der Waals surface area contributed by atoms with E-state index in [1.54, 1.807) is 0 Å². The fraction of sp³-hybridized carbons (Fsp3) is 0.273. The number of hydrogen-bond acceptors (Lipinski definition) is 2. The Labute approximate surface area is 152 Å². The van der Waals surface area contributed by atoms with Crippen LogP contribution in [0.1, 0.15) is 25.0 Å². The van der Waals surface area contributed by atoms with E-state index in [2.05, 4.69) is 74.9 Å². The van der Waals surface area contributed by atoms with Crippen molar-refractivity contribution in [2.75, 3.05) is 0 Å². The van der Waals surface area contributed by atoms with Gasteiger partial charge in [-0.2, -0.15) is 0 Å². The van der Waals surface area contributed by atoms with Crippen LogP contribution in [0.4, 0.5) is 0 Å². The third-order valence-corrected chi connectivity index (χ3v) is 5.85. The Morgan fingerprint density at radius 2 is 1.92 bits per heavy atom. The third-order valence-electron chi connectivity index (χ3n) is 4.70. The average Bonchev–Trinajstić information content (AvgIpc) is 2.93. The van der Waals surface area contributed by atoms with Crippen LogP contribution in [-0.2, 0) is 13.5 Å². The monoisotopic (exact) mass is 347 g/mol. The SMILES string of the molecule is Cc1ccccc1-c1c2sc3cc(CC(C)C)ccc3c2nc[n+]1C. The normalized spacial score (nSPS) is 11.7. The molecule has 0 saturated carbocycles. The summed E-state index contributed by atoms with van der Waals surface area (Å²) in [6.45, 7) is 6.72. The van der Waals surface area contributed by atoms with Crippen LogP contribution < -0.4 is 4.57 Å². The number of hydrogen-bond donors (Lipinski definition) is 0. The summed E-state index contributed by atoms with van der Waals surface area (Å²) in [6, 6.07) is 15.5. The van der Waals surface area contributed by atoms with Gasteiger partial charge in [0.05, 0.1) is 7.05 Å². The topological polar surface area (TPSA) is 16.8 Å². The Bertz CT molecular complexity index is 1080. The maximum absolute atomic E-state index is 4.75. The molecule has 0 radical (unpaired) electrons. The van der Waals surface area contributed by atoms with Crippen molar-refractivity contribution in [3.05, 3.63) is 59.9 Å². The Morgan fingerprint density at radius 1 is 1.12 bits per heavy atom. The number of aryl methyl sites for hydroxylation is 2. The molecule has 2 aromatic heterocycles. The summed E-state index contributed by atoms with van der Waals surface area (Å²) >= 11 is 1.86. The summed E-state index contributed by atoms with van der Waals surface area (Å²) in [5.41, 5.74) is 6.37. The Hall–Kier alpha value is -2.26. The average molecular weight is 348 g/mol. The van der Waals surface area contributed by atoms with E-state index < -0.39 is 0 Å². The fourth-order valence-electron chi connectivity index (χ4n) is 3.53. The van der Waals surface area contributed by atoms with Gasteiger partial charge in [0.2, 0.25) is 5.52 Å². The summed E-state index contributed by atoms with van der Waals surface area (Å²) in [5.74, 6) is 0.672. The van der Waals surface area contributed by atoms with Gasteiger partial charge >= 0.3 is 0 Å². The van der Waals surface area contributed by atoms with Gasteiger partial charge in [0.1, 0.15) is 4.70 Å². The van der Waals surface area contributed by atoms with Crippen molar-refractivity contribution in [1.82, 2.24) is 4.98 Å². The Morgan fingerprint density at radius 3 is 2.68 bits per heavy atom. The van der Waals surface area contributed by atoms with Crippen molar-refractivity contribution in [1.29, 1.82) is 0 Å². The minimum Gasteiger partial charge on any atom is -0.231 e. The summed E-state index contributed by atoms with van der Waals surface area (Å²) in [4.78, 5) is 4.75. The van der Waals surface area contributed by atoms with Crippen LogP contribution in [0.3, 0.4) is 0 Å². The van der Waals surface area contributed by atoms with Gasteiger partial charge in [0, 0.05) is 15.6 Å². The zero-order chi connectivity index (χ0) is 17.6. The number of aromatic nitrogens is 2. The van der Waals surface area contributed by atoms with E-state index in [1.165, 1.54) is 37.2 Å². The maximum Gasteiger partial charge on any atom is 0.287 e. The number of thiophene rings is 1. The van der Waals surface area contributed by atoms with Gasteiger partial charge in [-0.05, 0) is 47.5 Å². The second-order valence-electron chi connectivity index (χ2n) is 7.23. The standard InChI is InChI=1S/C22H23N2S/c1-14(2)11-16-9-10-18-19(12-16)25-22-20(18)23-13-24(4)21(22)17-8-6-5-7-15(17)3/h5-10,12-14H,11H2,1-4H3/q+1. The van der Waals surface area contributed by atoms with Gasteiger partial charge < -0.3 is 0 Å². The maximum atomic E-state index is 4.75. The van der Waals surface area contributed by atoms with Crippen LogP contribution in [0.25, 0.3) is 31.6 Å². The molecule has 0 aliphatic heterocycles. The van der Waals surface area contributed by atoms with E-state index in [4.69, 9.17) is 4.98 Å². The molecule has 0 N–H and O–H groups in total. The molecule has 126 valence electrons. The first-order chi connectivity index (χ1) is 12.0. The lowest BCUT2D eigenvalue weighted by atomic mass is 10.0. The molecule has 0 fully saturated rings. The highest BCUT2D eigenvalue weighted by molar-refractivity contribution is 7.26. The summed E-state index contributed by atoms with van der Waals surface area (Å²) in [7, 11) is 2.09. The first kappa shape index (κ1) is 16.2. The smallest absolute Gasteiger partial charge is 0.231 e. The number of rotatable bonds is 3. The Balaban J connectivity index is 2.00. The molecule has 25 heavy (non-hydrogen) atoms. The molecule has 0 bridgehead atoms. The molecular formula is C22H23N2S+. The minimum atomic E-state index is 0.672. The predicted molar refractivity (Wildman–Crippen MR) is 107 cm³/mol. The zero-order valence-corrected chi connectivity index (χ0v) is 16.0. The molecule has 0 spiro atoms. The summed E-state index contributed by atoms with van der Waals surface area (Å²) < 4.78 is 4.76. The molecule has 0 amide bonds.